The first-order valence-electron chi connectivity index (χ1n) is 13.0. The maximum atomic E-state index is 14.3. The summed E-state index contributed by atoms with van der Waals surface area (Å²) in [6, 6.07) is 17.1. The lowest BCUT2D eigenvalue weighted by molar-refractivity contribution is 0.0652. The van der Waals surface area contributed by atoms with Crippen LogP contribution in [0, 0.1) is 6.92 Å². The van der Waals surface area contributed by atoms with Crippen molar-refractivity contribution in [3.05, 3.63) is 101 Å². The van der Waals surface area contributed by atoms with Gasteiger partial charge in [-0.1, -0.05) is 36.4 Å². The number of nitrogens with zero attached hydrogens (tertiary/aromatic N) is 6. The first kappa shape index (κ1) is 24.5. The van der Waals surface area contributed by atoms with Gasteiger partial charge < -0.3 is 10.2 Å². The van der Waals surface area contributed by atoms with Crippen LogP contribution >= 0.6 is 0 Å². The average Bonchev–Trinajstić information content (AvgIpc) is 3.33. The zero-order valence-corrected chi connectivity index (χ0v) is 22.1. The number of aryl methyl sites for hydroxylation is 2. The van der Waals surface area contributed by atoms with E-state index >= 15 is 0 Å². The number of carbonyl (C=O) groups excluding carboxylic acids is 1. The van der Waals surface area contributed by atoms with E-state index in [-0.39, 0.29) is 17.5 Å². The second-order valence-corrected chi connectivity index (χ2v) is 9.91. The molecule has 2 aromatic carbocycles. The minimum atomic E-state index is -0.360. The van der Waals surface area contributed by atoms with Crippen LogP contribution in [0.1, 0.15) is 41.3 Å². The molecule has 1 N–H and O–H groups in total. The summed E-state index contributed by atoms with van der Waals surface area (Å²) in [7, 11) is 1.86. The van der Waals surface area contributed by atoms with Crippen LogP contribution in [0.15, 0.2) is 78.0 Å². The highest BCUT2D eigenvalue weighted by Gasteiger charge is 2.26. The Kier molecular flexibility index (Phi) is 6.18. The average molecular weight is 520 g/mol. The van der Waals surface area contributed by atoms with E-state index in [2.05, 4.69) is 20.4 Å². The number of carbonyl (C=O) groups is 1. The minimum Gasteiger partial charge on any atom is -0.361 e. The Hall–Kier alpha value is -4.79. The number of hydrogen-bond acceptors (Lipinski definition) is 6. The number of benzene rings is 2. The summed E-state index contributed by atoms with van der Waals surface area (Å²) in [4.78, 5) is 38.1. The largest absolute Gasteiger partial charge is 0.361 e. The predicted octanol–water partition coefficient (Wildman–Crippen LogP) is 4.51. The normalized spacial score (nSPS) is 13.8. The van der Waals surface area contributed by atoms with Gasteiger partial charge >= 0.3 is 0 Å². The molecule has 39 heavy (non-hydrogen) atoms. The molecule has 0 radical (unpaired) electrons. The summed E-state index contributed by atoms with van der Waals surface area (Å²) in [5.41, 5.74) is 3.52. The van der Waals surface area contributed by atoms with Crippen LogP contribution in [0.4, 0.5) is 5.82 Å². The van der Waals surface area contributed by atoms with Crippen molar-refractivity contribution in [1.29, 1.82) is 0 Å². The van der Waals surface area contributed by atoms with Crippen molar-refractivity contribution in [1.82, 2.24) is 29.2 Å². The molecule has 5 aromatic rings. The summed E-state index contributed by atoms with van der Waals surface area (Å²) < 4.78 is 3.47. The fourth-order valence-electron chi connectivity index (χ4n) is 5.05. The zero-order chi connectivity index (χ0) is 27.1. The first-order chi connectivity index (χ1) is 18.9. The molecule has 196 valence electrons. The van der Waals surface area contributed by atoms with Crippen molar-refractivity contribution >= 4 is 22.5 Å². The molecule has 0 saturated carbocycles. The number of hydrogen-bond donors (Lipinski definition) is 1. The SMILES string of the molecule is Cc1ncc(C(=O)N2CCC2)c(N[C@@H](C)c2cc3cccc(-c4cnn(C)c4)c3c(=O)n2-c2ccccc2)n1. The van der Waals surface area contributed by atoms with E-state index in [1.807, 2.05) is 74.8 Å². The van der Waals surface area contributed by atoms with Gasteiger partial charge in [-0.15, -0.1) is 0 Å². The van der Waals surface area contributed by atoms with Crippen LogP contribution in [0.2, 0.25) is 0 Å². The predicted molar refractivity (Wildman–Crippen MR) is 151 cm³/mol. The molecule has 0 bridgehead atoms. The van der Waals surface area contributed by atoms with Gasteiger partial charge in [0.25, 0.3) is 11.5 Å². The van der Waals surface area contributed by atoms with E-state index in [1.165, 1.54) is 0 Å². The maximum Gasteiger partial charge on any atom is 0.263 e. The van der Waals surface area contributed by atoms with Gasteiger partial charge in [0, 0.05) is 49.5 Å². The van der Waals surface area contributed by atoms with Gasteiger partial charge in [-0.2, -0.15) is 5.10 Å². The number of amides is 1. The molecule has 0 aliphatic carbocycles. The molecule has 9 nitrogen and oxygen atoms in total. The van der Waals surface area contributed by atoms with Crippen LogP contribution in [0.25, 0.3) is 27.6 Å². The van der Waals surface area contributed by atoms with Crippen LogP contribution in [0.5, 0.6) is 0 Å². The lowest BCUT2D eigenvalue weighted by Crippen LogP contribution is -2.42. The fourth-order valence-corrected chi connectivity index (χ4v) is 5.05. The lowest BCUT2D eigenvalue weighted by Gasteiger charge is -2.31. The van der Waals surface area contributed by atoms with Gasteiger partial charge in [0.05, 0.1) is 17.6 Å². The molecule has 1 aliphatic heterocycles. The van der Waals surface area contributed by atoms with E-state index < -0.39 is 0 Å². The van der Waals surface area contributed by atoms with Gasteiger partial charge in [0.1, 0.15) is 17.2 Å². The molecule has 1 amide bonds. The molecule has 1 saturated heterocycles. The Morgan fingerprint density at radius 1 is 1.05 bits per heavy atom. The molecular formula is C30H29N7O2. The van der Waals surface area contributed by atoms with Crippen LogP contribution in [-0.2, 0) is 7.05 Å². The van der Waals surface area contributed by atoms with Crippen LogP contribution in [0.3, 0.4) is 0 Å². The monoisotopic (exact) mass is 519 g/mol. The van der Waals surface area contributed by atoms with Gasteiger partial charge in [-0.25, -0.2) is 9.97 Å². The summed E-state index contributed by atoms with van der Waals surface area (Å²) >= 11 is 0. The number of likely N-dealkylation sites (tertiary alicyclic amines) is 1. The third-order valence-corrected chi connectivity index (χ3v) is 7.19. The number of para-hydroxylation sites is 1. The number of fused-ring (bicyclic) bond motifs is 1. The molecule has 4 heterocycles. The van der Waals surface area contributed by atoms with Gasteiger partial charge in [-0.05, 0) is 49.4 Å². The van der Waals surface area contributed by atoms with E-state index in [4.69, 9.17) is 0 Å². The van der Waals surface area contributed by atoms with Crippen molar-refractivity contribution in [2.24, 2.45) is 7.05 Å². The van der Waals surface area contributed by atoms with E-state index in [1.54, 1.807) is 33.5 Å². The van der Waals surface area contributed by atoms with Gasteiger partial charge in [-0.3, -0.25) is 18.8 Å². The molecule has 0 spiro atoms. The number of nitrogens with one attached hydrogen (secondary N) is 1. The maximum absolute atomic E-state index is 14.3. The second kappa shape index (κ2) is 9.83. The van der Waals surface area contributed by atoms with E-state index in [9.17, 15) is 9.59 Å². The second-order valence-electron chi connectivity index (χ2n) is 9.91. The third kappa shape index (κ3) is 4.46. The van der Waals surface area contributed by atoms with Crippen molar-refractivity contribution in [2.45, 2.75) is 26.3 Å². The molecule has 1 atom stereocenters. The van der Waals surface area contributed by atoms with Crippen molar-refractivity contribution in [3.63, 3.8) is 0 Å². The minimum absolute atomic E-state index is 0.0870. The third-order valence-electron chi connectivity index (χ3n) is 7.19. The molecular weight excluding hydrogens is 490 g/mol. The highest BCUT2D eigenvalue weighted by atomic mass is 16.2. The van der Waals surface area contributed by atoms with Crippen molar-refractivity contribution in [3.8, 4) is 16.8 Å². The molecule has 0 unspecified atom stereocenters. The summed E-state index contributed by atoms with van der Waals surface area (Å²) in [6.07, 6.45) is 6.27. The molecule has 9 heteroatoms. The Morgan fingerprint density at radius 2 is 1.85 bits per heavy atom. The molecule has 3 aromatic heterocycles. The lowest BCUT2D eigenvalue weighted by atomic mass is 9.99. The topological polar surface area (TPSA) is 97.9 Å². The van der Waals surface area contributed by atoms with Crippen LogP contribution < -0.4 is 10.9 Å². The summed E-state index contributed by atoms with van der Waals surface area (Å²) in [5, 5.41) is 9.19. The Morgan fingerprint density at radius 3 is 2.54 bits per heavy atom. The van der Waals surface area contributed by atoms with Crippen LogP contribution in [-0.4, -0.2) is 48.2 Å². The number of anilines is 1. The number of rotatable bonds is 6. The standard InChI is InChI=1S/C30H29N7O2/c1-19(33-28-25(17-31-20(2)34-28)29(38)36-13-8-14-36)26-15-21-9-7-12-24(22-16-32-35(3)18-22)27(21)30(39)37(26)23-10-5-4-6-11-23/h4-7,9-12,15-19H,8,13-14H2,1-3H3,(H,31,33,34)/t19-/m0/s1. The Bertz CT molecular complexity index is 1750. The fraction of sp³-hybridized carbons (Fsp3) is 0.233. The number of pyridine rings is 1. The summed E-state index contributed by atoms with van der Waals surface area (Å²) in [6.45, 7) is 5.24. The Balaban J connectivity index is 1.51. The Labute approximate surface area is 225 Å². The van der Waals surface area contributed by atoms with Gasteiger partial charge in [0.2, 0.25) is 0 Å². The van der Waals surface area contributed by atoms with Gasteiger partial charge in [0.15, 0.2) is 0 Å². The van der Waals surface area contributed by atoms with E-state index in [0.29, 0.717) is 22.6 Å². The zero-order valence-electron chi connectivity index (χ0n) is 22.1. The van der Waals surface area contributed by atoms with Crippen molar-refractivity contribution in [2.75, 3.05) is 18.4 Å². The quantitative estimate of drug-likeness (QED) is 0.355. The first-order valence-corrected chi connectivity index (χ1v) is 13.0. The van der Waals surface area contributed by atoms with E-state index in [0.717, 1.165) is 47.4 Å². The molecule has 1 fully saturated rings. The smallest absolute Gasteiger partial charge is 0.263 e. The highest BCUT2D eigenvalue weighted by Crippen LogP contribution is 2.30. The highest BCUT2D eigenvalue weighted by molar-refractivity contribution is 5.99. The van der Waals surface area contributed by atoms with Crippen molar-refractivity contribution < 1.29 is 4.79 Å². The number of aromatic nitrogens is 5. The molecule has 1 aliphatic rings. The molecule has 6 rings (SSSR count). The summed E-state index contributed by atoms with van der Waals surface area (Å²) in [5.74, 6) is 0.934.